The molecule has 14 heteroatoms. The van der Waals surface area contributed by atoms with E-state index in [1.54, 1.807) is 29.3 Å². The summed E-state index contributed by atoms with van der Waals surface area (Å²) in [6.07, 6.45) is 4.96. The van der Waals surface area contributed by atoms with Gasteiger partial charge in [-0.2, -0.15) is 18.5 Å². The van der Waals surface area contributed by atoms with E-state index in [0.717, 1.165) is 10.2 Å². The average Bonchev–Trinajstić information content (AvgIpc) is 3.48. The minimum Gasteiger partial charge on any atom is -0.389 e. The topological polar surface area (TPSA) is 137 Å². The second-order valence-corrected chi connectivity index (χ2v) is 10.5. The Hall–Kier alpha value is -3.62. The largest absolute Gasteiger partial charge is 0.389 e. The second-order valence-electron chi connectivity index (χ2n) is 7.04. The number of nitrogens with zero attached hydrogens (tertiary/aromatic N) is 6. The summed E-state index contributed by atoms with van der Waals surface area (Å²) < 4.78 is 37.5. The van der Waals surface area contributed by atoms with Crippen molar-refractivity contribution in [3.05, 3.63) is 71.1 Å². The van der Waals surface area contributed by atoms with E-state index >= 15 is 0 Å². The highest BCUT2D eigenvalue weighted by Gasteiger charge is 2.18. The fourth-order valence-corrected chi connectivity index (χ4v) is 5.88. The lowest BCUT2D eigenvalue weighted by Crippen LogP contribution is -2.15. The molecule has 0 aliphatic carbocycles. The highest BCUT2D eigenvalue weighted by molar-refractivity contribution is 8.38. The zero-order valence-electron chi connectivity index (χ0n) is 18.3. The molecule has 0 aliphatic heterocycles. The van der Waals surface area contributed by atoms with E-state index in [9.17, 15) is 13.2 Å². The molecule has 0 radical (unpaired) electrons. The smallest absolute Gasteiger partial charge is 0.331 e. The zero-order valence-corrected chi connectivity index (χ0v) is 20.8. The van der Waals surface area contributed by atoms with Crippen molar-refractivity contribution in [1.82, 2.24) is 24.4 Å². The van der Waals surface area contributed by atoms with Gasteiger partial charge >= 0.3 is 11.9 Å². The number of thioether (sulfide) groups is 2. The van der Waals surface area contributed by atoms with Gasteiger partial charge in [0.05, 0.1) is 16.8 Å². The van der Waals surface area contributed by atoms with E-state index in [1.807, 2.05) is 30.3 Å². The van der Waals surface area contributed by atoms with Gasteiger partial charge in [0.1, 0.15) is 9.76 Å². The van der Waals surface area contributed by atoms with Crippen molar-refractivity contribution in [2.75, 3.05) is 17.8 Å². The van der Waals surface area contributed by atoms with Crippen LogP contribution >= 0.6 is 23.5 Å². The Labute approximate surface area is 207 Å². The number of nitrogens with one attached hydrogen (secondary N) is 1. The van der Waals surface area contributed by atoms with Crippen molar-refractivity contribution in [3.8, 4) is 5.69 Å². The third kappa shape index (κ3) is 4.42. The van der Waals surface area contributed by atoms with Crippen molar-refractivity contribution in [1.29, 1.82) is 0 Å². The maximum absolute atomic E-state index is 12.9. The van der Waals surface area contributed by atoms with Crippen molar-refractivity contribution < 1.29 is 12.8 Å². The molecule has 0 atom stereocenters. The van der Waals surface area contributed by atoms with Crippen LogP contribution in [0.2, 0.25) is 0 Å². The number of anilines is 2. The molecule has 3 aromatic heterocycles. The highest BCUT2D eigenvalue weighted by Crippen LogP contribution is 2.23. The van der Waals surface area contributed by atoms with Gasteiger partial charge < -0.3 is 9.73 Å². The average molecular weight is 528 g/mol. The molecule has 0 fully saturated rings. The first kappa shape index (κ1) is 23.1. The number of para-hydroxylation sites is 1. The molecule has 0 saturated carbocycles. The van der Waals surface area contributed by atoms with E-state index in [4.69, 9.17) is 4.42 Å². The van der Waals surface area contributed by atoms with Crippen LogP contribution in [0, 0.1) is 0 Å². The van der Waals surface area contributed by atoms with Crippen molar-refractivity contribution in [2.24, 2.45) is 4.40 Å². The lowest BCUT2D eigenvalue weighted by molar-refractivity contribution is 0.598. The Morgan fingerprint density at radius 3 is 2.46 bits per heavy atom. The molecule has 0 unspecified atom stereocenters. The number of benzene rings is 2. The number of hydrogen-bond donors (Lipinski definition) is 1. The molecular formula is C21H17N7O4S3. The predicted molar refractivity (Wildman–Crippen MR) is 138 cm³/mol. The summed E-state index contributed by atoms with van der Waals surface area (Å²) in [5, 5.41) is 11.6. The molecule has 0 bridgehead atoms. The van der Waals surface area contributed by atoms with Gasteiger partial charge in [-0.05, 0) is 48.9 Å². The maximum Gasteiger partial charge on any atom is 0.331 e. The molecule has 0 spiro atoms. The van der Waals surface area contributed by atoms with Gasteiger partial charge in [0.2, 0.25) is 0 Å². The molecule has 11 nitrogen and oxygen atoms in total. The Balaban J connectivity index is 1.46. The number of fused-ring (bicyclic) bond motifs is 2. The fraction of sp³-hybridized carbons (Fsp3) is 0.0952. The Kier molecular flexibility index (Phi) is 6.08. The molecule has 3 heterocycles. The first-order valence-corrected chi connectivity index (χ1v) is 13.9. The fourth-order valence-electron chi connectivity index (χ4n) is 3.24. The normalized spacial score (nSPS) is 11.7. The number of rotatable bonds is 5. The number of hydrogen-bond acceptors (Lipinski definition) is 10. The molecule has 2 aromatic carbocycles. The van der Waals surface area contributed by atoms with Crippen LogP contribution in [0.25, 0.3) is 22.6 Å². The van der Waals surface area contributed by atoms with Gasteiger partial charge in [-0.25, -0.2) is 4.68 Å². The quantitative estimate of drug-likeness (QED) is 0.267. The molecule has 5 rings (SSSR count). The Morgan fingerprint density at radius 1 is 1.06 bits per heavy atom. The molecule has 0 aliphatic rings. The molecule has 0 saturated heterocycles. The third-order valence-electron chi connectivity index (χ3n) is 4.88. The van der Waals surface area contributed by atoms with Gasteiger partial charge in [-0.3, -0.25) is 4.79 Å². The van der Waals surface area contributed by atoms with Crippen LogP contribution in [0.15, 0.2) is 79.3 Å². The second kappa shape index (κ2) is 9.20. The lowest BCUT2D eigenvalue weighted by Gasteiger charge is -2.04. The van der Waals surface area contributed by atoms with Gasteiger partial charge in [0, 0.05) is 5.69 Å². The van der Waals surface area contributed by atoms with Crippen LogP contribution in [0.3, 0.4) is 0 Å². The van der Waals surface area contributed by atoms with Crippen LogP contribution in [-0.2, 0) is 10.0 Å². The molecule has 35 heavy (non-hydrogen) atoms. The number of aromatic nitrogens is 5. The van der Waals surface area contributed by atoms with Gasteiger partial charge in [0.15, 0.2) is 5.65 Å². The van der Waals surface area contributed by atoms with Crippen LogP contribution in [0.1, 0.15) is 0 Å². The van der Waals surface area contributed by atoms with Gasteiger partial charge in [-0.1, -0.05) is 18.2 Å². The maximum atomic E-state index is 12.9. The Morgan fingerprint density at radius 2 is 1.77 bits per heavy atom. The zero-order chi connectivity index (χ0) is 24.6. The monoisotopic (exact) mass is 527 g/mol. The molecule has 178 valence electrons. The van der Waals surface area contributed by atoms with E-state index < -0.39 is 15.6 Å². The van der Waals surface area contributed by atoms with Crippen LogP contribution < -0.4 is 10.9 Å². The van der Waals surface area contributed by atoms with E-state index in [0.29, 0.717) is 15.7 Å². The standard InChI is InChI=1S/C21H17N7O4S3/c1-33-21(34-2)26-35(30,31)15-10-8-13(9-11-15)23-19-25-28-18(29)16-12-22-27(14-6-4-3-5-7-14)17(16)24-20(28)32-19/h3-12H,1-2H3,(H,23,25). The predicted octanol–water partition coefficient (Wildman–Crippen LogP) is 3.54. The minimum absolute atomic E-state index is 0.0159. The van der Waals surface area contributed by atoms with E-state index in [1.165, 1.54) is 41.9 Å². The first-order chi connectivity index (χ1) is 16.9. The summed E-state index contributed by atoms with van der Waals surface area (Å²) in [5.41, 5.74) is 1.16. The number of sulfonamides is 1. The first-order valence-electron chi connectivity index (χ1n) is 10.0. The lowest BCUT2D eigenvalue weighted by atomic mass is 10.3. The SMILES string of the molecule is CSC(=NS(=O)(=O)c1ccc(Nc2nn3c(=O)c4cnn(-c5ccccc5)c4nc3o2)cc1)SC. The Bertz CT molecular complexity index is 1720. The van der Waals surface area contributed by atoms with Crippen molar-refractivity contribution >= 4 is 66.5 Å². The summed E-state index contributed by atoms with van der Waals surface area (Å²) in [6, 6.07) is 15.3. The van der Waals surface area contributed by atoms with Crippen LogP contribution in [0.4, 0.5) is 11.7 Å². The molecular weight excluding hydrogens is 510 g/mol. The molecule has 1 N–H and O–H groups in total. The third-order valence-corrected chi connectivity index (χ3v) is 8.28. The van der Waals surface area contributed by atoms with Gasteiger partial charge in [0.25, 0.3) is 15.6 Å². The van der Waals surface area contributed by atoms with E-state index in [2.05, 4.69) is 24.9 Å². The minimum atomic E-state index is -3.83. The van der Waals surface area contributed by atoms with E-state index in [-0.39, 0.29) is 22.1 Å². The summed E-state index contributed by atoms with van der Waals surface area (Å²) >= 11 is 2.52. The van der Waals surface area contributed by atoms with Crippen LogP contribution in [0.5, 0.6) is 0 Å². The summed E-state index contributed by atoms with van der Waals surface area (Å²) in [4.78, 5) is 17.4. The van der Waals surface area contributed by atoms with Crippen molar-refractivity contribution in [3.63, 3.8) is 0 Å². The molecule has 5 aromatic rings. The van der Waals surface area contributed by atoms with Gasteiger partial charge in [-0.15, -0.1) is 37.5 Å². The summed E-state index contributed by atoms with van der Waals surface area (Å²) in [7, 11) is -3.83. The summed E-state index contributed by atoms with van der Waals surface area (Å²) in [6.45, 7) is 0. The van der Waals surface area contributed by atoms with Crippen LogP contribution in [-0.4, -0.2) is 49.7 Å². The highest BCUT2D eigenvalue weighted by atomic mass is 32.2. The summed E-state index contributed by atoms with van der Waals surface area (Å²) in [5.74, 6) is -0.0159. The molecule has 0 amide bonds. The van der Waals surface area contributed by atoms with Crippen molar-refractivity contribution in [2.45, 2.75) is 4.90 Å².